The average Bonchev–Trinajstić information content (AvgIpc) is 2.13. The van der Waals surface area contributed by atoms with Gasteiger partial charge in [-0.15, -0.1) is 0 Å². The number of aliphatic carboxylic acids is 1. The van der Waals surface area contributed by atoms with Gasteiger partial charge in [-0.3, -0.25) is 4.79 Å². The lowest BCUT2D eigenvalue weighted by Crippen LogP contribution is -2.27. The number of carbonyl (C=O) groups is 1. The summed E-state index contributed by atoms with van der Waals surface area (Å²) >= 11 is 0. The molecule has 0 amide bonds. The topological polar surface area (TPSA) is 37.3 Å². The molecule has 0 aliphatic carbocycles. The Balaban J connectivity index is 3.43. The van der Waals surface area contributed by atoms with Crippen LogP contribution in [0.15, 0.2) is 18.2 Å². The lowest BCUT2D eigenvalue weighted by Gasteiger charge is -2.28. The van der Waals surface area contributed by atoms with Crippen LogP contribution in [0.3, 0.4) is 0 Å². The van der Waals surface area contributed by atoms with Gasteiger partial charge in [0.1, 0.15) is 0 Å². The van der Waals surface area contributed by atoms with E-state index in [1.807, 2.05) is 0 Å². The first kappa shape index (κ1) is 14.5. The second-order valence-corrected chi connectivity index (χ2v) is 4.95. The Bertz CT molecular complexity index is 462. The van der Waals surface area contributed by atoms with Crippen molar-refractivity contribution in [1.82, 2.24) is 0 Å². The third-order valence-electron chi connectivity index (χ3n) is 2.85. The number of alkyl halides is 3. The molecular weight excluding hydrogens is 245 g/mol. The Hall–Kier alpha value is -1.52. The molecule has 18 heavy (non-hydrogen) atoms. The maximum Gasteiger partial charge on any atom is 0.416 e. The van der Waals surface area contributed by atoms with E-state index in [0.717, 1.165) is 6.07 Å². The summed E-state index contributed by atoms with van der Waals surface area (Å²) in [5.41, 5.74) is -1.31. The summed E-state index contributed by atoms with van der Waals surface area (Å²) in [6.45, 7) is 4.59. The van der Waals surface area contributed by atoms with Crippen molar-refractivity contribution in [2.45, 2.75) is 38.8 Å². The summed E-state index contributed by atoms with van der Waals surface area (Å²) in [5, 5.41) is 8.81. The molecule has 0 unspecified atom stereocenters. The van der Waals surface area contributed by atoms with Crippen LogP contribution >= 0.6 is 0 Å². The van der Waals surface area contributed by atoms with Crippen molar-refractivity contribution < 1.29 is 23.1 Å². The van der Waals surface area contributed by atoms with E-state index in [1.165, 1.54) is 19.9 Å². The summed E-state index contributed by atoms with van der Waals surface area (Å²) < 4.78 is 38.8. The maximum absolute atomic E-state index is 12.9. The standard InChI is InChI=1S/C13H15F3O2/c1-8-5-4-6-9(13(14,15)16)11(8)12(2,3)7-10(17)18/h4-6H,7H2,1-3H3,(H,17,18). The highest BCUT2D eigenvalue weighted by molar-refractivity contribution is 5.69. The van der Waals surface area contributed by atoms with Crippen molar-refractivity contribution in [3.05, 3.63) is 34.9 Å². The Morgan fingerprint density at radius 2 is 1.83 bits per heavy atom. The van der Waals surface area contributed by atoms with Gasteiger partial charge in [0.15, 0.2) is 0 Å². The maximum atomic E-state index is 12.9. The minimum absolute atomic E-state index is 0.0555. The summed E-state index contributed by atoms with van der Waals surface area (Å²) in [4.78, 5) is 10.8. The predicted octanol–water partition coefficient (Wildman–Crippen LogP) is 3.77. The van der Waals surface area contributed by atoms with Gasteiger partial charge in [-0.1, -0.05) is 26.0 Å². The molecule has 0 aliphatic rings. The van der Waals surface area contributed by atoms with Crippen molar-refractivity contribution in [1.29, 1.82) is 0 Å². The molecule has 0 saturated heterocycles. The van der Waals surface area contributed by atoms with Crippen molar-refractivity contribution in [2.24, 2.45) is 0 Å². The number of rotatable bonds is 3. The molecule has 0 radical (unpaired) electrons. The normalized spacial score (nSPS) is 12.6. The van der Waals surface area contributed by atoms with Gasteiger partial charge in [-0.2, -0.15) is 13.2 Å². The van der Waals surface area contributed by atoms with Gasteiger partial charge in [-0.25, -0.2) is 0 Å². The number of carboxylic acids is 1. The molecule has 1 N–H and O–H groups in total. The summed E-state index contributed by atoms with van der Waals surface area (Å²) in [6, 6.07) is 3.89. The molecule has 1 aromatic carbocycles. The first-order chi connectivity index (χ1) is 8.05. The lowest BCUT2D eigenvalue weighted by atomic mass is 9.76. The number of hydrogen-bond donors (Lipinski definition) is 1. The van der Waals surface area contributed by atoms with E-state index in [2.05, 4.69) is 0 Å². The summed E-state index contributed by atoms with van der Waals surface area (Å²) in [7, 11) is 0. The molecule has 0 spiro atoms. The van der Waals surface area contributed by atoms with E-state index >= 15 is 0 Å². The molecule has 2 nitrogen and oxygen atoms in total. The predicted molar refractivity (Wildman–Crippen MR) is 61.5 cm³/mol. The molecule has 0 heterocycles. The molecule has 0 saturated carbocycles. The third-order valence-corrected chi connectivity index (χ3v) is 2.85. The number of aryl methyl sites for hydroxylation is 1. The molecule has 1 rings (SSSR count). The van der Waals surface area contributed by atoms with Crippen LogP contribution in [0.1, 0.15) is 37.0 Å². The number of carboxylic acid groups (broad SMARTS) is 1. The largest absolute Gasteiger partial charge is 0.481 e. The first-order valence-corrected chi connectivity index (χ1v) is 5.45. The van der Waals surface area contributed by atoms with E-state index < -0.39 is 23.1 Å². The summed E-state index contributed by atoms with van der Waals surface area (Å²) in [6.07, 6.45) is -4.82. The first-order valence-electron chi connectivity index (χ1n) is 5.45. The Morgan fingerprint density at radius 3 is 2.28 bits per heavy atom. The van der Waals surface area contributed by atoms with Crippen LogP contribution in [0.25, 0.3) is 0 Å². The molecule has 5 heteroatoms. The van der Waals surface area contributed by atoms with Crippen LogP contribution in [-0.4, -0.2) is 11.1 Å². The second-order valence-electron chi connectivity index (χ2n) is 4.95. The van der Waals surface area contributed by atoms with Crippen LogP contribution in [0.4, 0.5) is 13.2 Å². The van der Waals surface area contributed by atoms with Gasteiger partial charge in [0, 0.05) is 5.41 Å². The molecule has 0 aliphatic heterocycles. The van der Waals surface area contributed by atoms with Crippen molar-refractivity contribution >= 4 is 5.97 Å². The zero-order valence-electron chi connectivity index (χ0n) is 10.4. The summed E-state index contributed by atoms with van der Waals surface area (Å²) in [5.74, 6) is -1.11. The number of halogens is 3. The molecule has 100 valence electrons. The SMILES string of the molecule is Cc1cccc(C(F)(F)F)c1C(C)(C)CC(=O)O. The van der Waals surface area contributed by atoms with E-state index in [1.54, 1.807) is 13.0 Å². The Labute approximate surface area is 103 Å². The van der Waals surface area contributed by atoms with Crippen LogP contribution in [-0.2, 0) is 16.4 Å². The molecule has 0 fully saturated rings. The quantitative estimate of drug-likeness (QED) is 0.898. The fourth-order valence-corrected chi connectivity index (χ4v) is 2.27. The van der Waals surface area contributed by atoms with E-state index in [-0.39, 0.29) is 12.0 Å². The highest BCUT2D eigenvalue weighted by Gasteiger charge is 2.39. The van der Waals surface area contributed by atoms with Gasteiger partial charge in [0.25, 0.3) is 0 Å². The highest BCUT2D eigenvalue weighted by atomic mass is 19.4. The minimum atomic E-state index is -4.48. The zero-order chi connectivity index (χ0) is 14.1. The molecule has 0 aromatic heterocycles. The van der Waals surface area contributed by atoms with Crippen molar-refractivity contribution in [2.75, 3.05) is 0 Å². The third kappa shape index (κ3) is 3.03. The molecule has 0 atom stereocenters. The molecular formula is C13H15F3O2. The fraction of sp³-hybridized carbons (Fsp3) is 0.462. The average molecular weight is 260 g/mol. The number of benzene rings is 1. The lowest BCUT2D eigenvalue weighted by molar-refractivity contribution is -0.141. The monoisotopic (exact) mass is 260 g/mol. The van der Waals surface area contributed by atoms with E-state index in [4.69, 9.17) is 5.11 Å². The van der Waals surface area contributed by atoms with Gasteiger partial charge in [0.05, 0.1) is 12.0 Å². The smallest absolute Gasteiger partial charge is 0.416 e. The fourth-order valence-electron chi connectivity index (χ4n) is 2.27. The van der Waals surface area contributed by atoms with Crippen LogP contribution < -0.4 is 0 Å². The Morgan fingerprint density at radius 1 is 1.28 bits per heavy atom. The van der Waals surface area contributed by atoms with E-state index in [9.17, 15) is 18.0 Å². The van der Waals surface area contributed by atoms with Gasteiger partial charge >= 0.3 is 12.1 Å². The van der Waals surface area contributed by atoms with Crippen LogP contribution in [0, 0.1) is 6.92 Å². The van der Waals surface area contributed by atoms with Crippen molar-refractivity contribution in [3.63, 3.8) is 0 Å². The van der Waals surface area contributed by atoms with Crippen molar-refractivity contribution in [3.8, 4) is 0 Å². The highest BCUT2D eigenvalue weighted by Crippen LogP contribution is 2.40. The van der Waals surface area contributed by atoms with Crippen LogP contribution in [0.5, 0.6) is 0 Å². The van der Waals surface area contributed by atoms with Crippen LogP contribution in [0.2, 0.25) is 0 Å². The minimum Gasteiger partial charge on any atom is -0.481 e. The van der Waals surface area contributed by atoms with Gasteiger partial charge < -0.3 is 5.11 Å². The Kier molecular flexibility index (Phi) is 3.74. The zero-order valence-corrected chi connectivity index (χ0v) is 10.4. The second kappa shape index (κ2) is 4.63. The molecule has 1 aromatic rings. The van der Waals surface area contributed by atoms with Gasteiger partial charge in [0.2, 0.25) is 0 Å². The number of hydrogen-bond acceptors (Lipinski definition) is 1. The van der Waals surface area contributed by atoms with E-state index in [0.29, 0.717) is 5.56 Å². The molecule has 0 bridgehead atoms. The van der Waals surface area contributed by atoms with Gasteiger partial charge in [-0.05, 0) is 24.1 Å².